The molecule has 0 amide bonds. The van der Waals surface area contributed by atoms with Crippen molar-refractivity contribution in [3.8, 4) is 0 Å². The second-order valence-corrected chi connectivity index (χ2v) is 6.34. The van der Waals surface area contributed by atoms with Gasteiger partial charge in [-0.25, -0.2) is 4.39 Å². The molecule has 4 N–H and O–H groups in total. The Labute approximate surface area is 125 Å². The summed E-state index contributed by atoms with van der Waals surface area (Å²) in [5.74, 6) is -0.493. The Morgan fingerprint density at radius 3 is 2.62 bits per heavy atom. The van der Waals surface area contributed by atoms with E-state index in [4.69, 9.17) is 10.9 Å². The molecule has 0 aliphatic carbocycles. The monoisotopic (exact) mass is 296 g/mol. The first-order chi connectivity index (χ1) is 9.73. The number of amidine groups is 1. The van der Waals surface area contributed by atoms with E-state index in [0.29, 0.717) is 12.1 Å². The maximum absolute atomic E-state index is 13.5. The van der Waals surface area contributed by atoms with Crippen molar-refractivity contribution in [1.29, 1.82) is 0 Å². The van der Waals surface area contributed by atoms with Gasteiger partial charge in [-0.3, -0.25) is 0 Å². The lowest BCUT2D eigenvalue weighted by atomic mass is 9.93. The van der Waals surface area contributed by atoms with Gasteiger partial charge in [0, 0.05) is 25.2 Å². The Kier molecular flexibility index (Phi) is 6.11. The van der Waals surface area contributed by atoms with E-state index in [1.807, 2.05) is 14.1 Å². The summed E-state index contributed by atoms with van der Waals surface area (Å²) < 4.78 is 13.5. The molecule has 1 rings (SSSR count). The number of halogens is 1. The molecule has 1 aromatic rings. The van der Waals surface area contributed by atoms with Gasteiger partial charge in [-0.05, 0) is 43.3 Å². The van der Waals surface area contributed by atoms with Crippen molar-refractivity contribution >= 4 is 5.84 Å². The molecular formula is C15H25FN4O. The molecule has 0 aliphatic heterocycles. The van der Waals surface area contributed by atoms with Crippen LogP contribution in [-0.4, -0.2) is 43.1 Å². The van der Waals surface area contributed by atoms with Gasteiger partial charge in [0.1, 0.15) is 5.82 Å². The molecule has 0 spiro atoms. The van der Waals surface area contributed by atoms with E-state index < -0.39 is 5.82 Å². The molecule has 0 heterocycles. The highest BCUT2D eigenvalue weighted by molar-refractivity contribution is 5.97. The van der Waals surface area contributed by atoms with Crippen LogP contribution < -0.4 is 11.1 Å². The van der Waals surface area contributed by atoms with E-state index in [1.54, 1.807) is 6.07 Å². The molecule has 0 saturated heterocycles. The molecule has 6 heteroatoms. The summed E-state index contributed by atoms with van der Waals surface area (Å²) in [6.45, 7) is 6.64. The lowest BCUT2D eigenvalue weighted by molar-refractivity contribution is 0.232. The number of hydrogen-bond acceptors (Lipinski definition) is 4. The molecule has 1 aromatic carbocycles. The van der Waals surface area contributed by atoms with Gasteiger partial charge in [0.15, 0.2) is 5.84 Å². The van der Waals surface area contributed by atoms with Crippen molar-refractivity contribution in [2.24, 2.45) is 16.3 Å². The zero-order valence-electron chi connectivity index (χ0n) is 13.2. The molecule has 0 aliphatic rings. The largest absolute Gasteiger partial charge is 0.409 e. The van der Waals surface area contributed by atoms with Crippen molar-refractivity contribution in [3.05, 3.63) is 35.1 Å². The van der Waals surface area contributed by atoms with Crippen LogP contribution in [0.4, 0.5) is 4.39 Å². The first-order valence-electron chi connectivity index (χ1n) is 6.86. The smallest absolute Gasteiger partial charge is 0.170 e. The molecule has 5 nitrogen and oxygen atoms in total. The molecule has 21 heavy (non-hydrogen) atoms. The summed E-state index contributed by atoms with van der Waals surface area (Å²) in [5.41, 5.74) is 6.75. The van der Waals surface area contributed by atoms with Gasteiger partial charge in [0.05, 0.1) is 0 Å². The number of benzene rings is 1. The summed E-state index contributed by atoms with van der Waals surface area (Å²) in [7, 11) is 4.08. The SMILES string of the molecule is CN(C)CC(C)(C)CNCc1cc(F)cc(/C(N)=N/O)c1. The molecule has 0 fully saturated rings. The highest BCUT2D eigenvalue weighted by atomic mass is 19.1. The Morgan fingerprint density at radius 1 is 1.38 bits per heavy atom. The van der Waals surface area contributed by atoms with Crippen LogP contribution in [0.1, 0.15) is 25.0 Å². The van der Waals surface area contributed by atoms with Gasteiger partial charge >= 0.3 is 0 Å². The zero-order valence-corrected chi connectivity index (χ0v) is 13.2. The third-order valence-electron chi connectivity index (χ3n) is 3.04. The molecule has 0 unspecified atom stereocenters. The second-order valence-electron chi connectivity index (χ2n) is 6.34. The van der Waals surface area contributed by atoms with Crippen LogP contribution in [0.2, 0.25) is 0 Å². The van der Waals surface area contributed by atoms with Crippen LogP contribution >= 0.6 is 0 Å². The minimum absolute atomic E-state index is 0.0938. The molecule has 0 saturated carbocycles. The summed E-state index contributed by atoms with van der Waals surface area (Å²) >= 11 is 0. The van der Waals surface area contributed by atoms with Gasteiger partial charge in [-0.1, -0.05) is 19.0 Å². The molecular weight excluding hydrogens is 271 g/mol. The second kappa shape index (κ2) is 7.38. The fraction of sp³-hybridized carbons (Fsp3) is 0.533. The molecule has 118 valence electrons. The quantitative estimate of drug-likeness (QED) is 0.309. The third kappa shape index (κ3) is 6.10. The maximum atomic E-state index is 13.5. The van der Waals surface area contributed by atoms with Crippen molar-refractivity contribution in [3.63, 3.8) is 0 Å². The van der Waals surface area contributed by atoms with E-state index in [0.717, 1.165) is 18.7 Å². The minimum Gasteiger partial charge on any atom is -0.409 e. The van der Waals surface area contributed by atoms with Crippen LogP contribution in [0, 0.1) is 11.2 Å². The minimum atomic E-state index is -0.400. The fourth-order valence-corrected chi connectivity index (χ4v) is 2.42. The van der Waals surface area contributed by atoms with Crippen LogP contribution in [0.15, 0.2) is 23.4 Å². The van der Waals surface area contributed by atoms with Gasteiger partial charge in [0.2, 0.25) is 0 Å². The van der Waals surface area contributed by atoms with Crippen molar-refractivity contribution < 1.29 is 9.60 Å². The lowest BCUT2D eigenvalue weighted by Gasteiger charge is -2.28. The van der Waals surface area contributed by atoms with E-state index in [9.17, 15) is 4.39 Å². The summed E-state index contributed by atoms with van der Waals surface area (Å²) in [4.78, 5) is 2.14. The number of nitrogens with two attached hydrogens (primary N) is 1. The standard InChI is InChI=1S/C15H25FN4O/c1-15(2,10-20(3)4)9-18-8-11-5-12(14(17)19-21)7-13(16)6-11/h5-7,18,21H,8-10H2,1-4H3,(H2,17,19). The third-order valence-corrected chi connectivity index (χ3v) is 3.04. The molecule has 0 atom stereocenters. The normalized spacial score (nSPS) is 13.0. The topological polar surface area (TPSA) is 73.9 Å². The Morgan fingerprint density at radius 2 is 2.05 bits per heavy atom. The number of nitrogens with zero attached hydrogens (tertiary/aromatic N) is 2. The average Bonchev–Trinajstić information content (AvgIpc) is 2.35. The summed E-state index contributed by atoms with van der Waals surface area (Å²) in [6, 6.07) is 4.40. The van der Waals surface area contributed by atoms with Crippen LogP contribution in [0.25, 0.3) is 0 Å². The van der Waals surface area contributed by atoms with E-state index in [-0.39, 0.29) is 11.3 Å². The first kappa shape index (κ1) is 17.4. The van der Waals surface area contributed by atoms with E-state index in [1.165, 1.54) is 12.1 Å². The van der Waals surface area contributed by atoms with Gasteiger partial charge < -0.3 is 21.2 Å². The molecule has 0 bridgehead atoms. The molecule has 0 radical (unpaired) electrons. The number of oxime groups is 1. The summed E-state index contributed by atoms with van der Waals surface area (Å²) in [5, 5.41) is 14.9. The highest BCUT2D eigenvalue weighted by Crippen LogP contribution is 2.15. The fourth-order valence-electron chi connectivity index (χ4n) is 2.42. The van der Waals surface area contributed by atoms with Crippen molar-refractivity contribution in [1.82, 2.24) is 10.2 Å². The predicted molar refractivity (Wildman–Crippen MR) is 83.0 cm³/mol. The van der Waals surface area contributed by atoms with Gasteiger partial charge in [-0.2, -0.15) is 0 Å². The lowest BCUT2D eigenvalue weighted by Crippen LogP contribution is -2.37. The highest BCUT2D eigenvalue weighted by Gasteiger charge is 2.18. The van der Waals surface area contributed by atoms with E-state index >= 15 is 0 Å². The number of hydrogen-bond donors (Lipinski definition) is 3. The number of rotatable bonds is 7. The summed E-state index contributed by atoms with van der Waals surface area (Å²) in [6.07, 6.45) is 0. The van der Waals surface area contributed by atoms with Crippen molar-refractivity contribution in [2.75, 3.05) is 27.2 Å². The van der Waals surface area contributed by atoms with Gasteiger partial charge in [0.25, 0.3) is 0 Å². The van der Waals surface area contributed by atoms with Crippen molar-refractivity contribution in [2.45, 2.75) is 20.4 Å². The number of nitrogens with one attached hydrogen (secondary N) is 1. The first-order valence-corrected chi connectivity index (χ1v) is 6.86. The Balaban J connectivity index is 2.66. The van der Waals surface area contributed by atoms with Crippen LogP contribution in [-0.2, 0) is 6.54 Å². The maximum Gasteiger partial charge on any atom is 0.170 e. The zero-order chi connectivity index (χ0) is 16.0. The predicted octanol–water partition coefficient (Wildman–Crippen LogP) is 1.60. The Bertz CT molecular complexity index is 500. The Hall–Kier alpha value is -1.66. The van der Waals surface area contributed by atoms with Gasteiger partial charge in [-0.15, -0.1) is 0 Å². The van der Waals surface area contributed by atoms with E-state index in [2.05, 4.69) is 29.2 Å². The molecule has 0 aromatic heterocycles. The van der Waals surface area contributed by atoms with Crippen LogP contribution in [0.5, 0.6) is 0 Å². The van der Waals surface area contributed by atoms with Crippen LogP contribution in [0.3, 0.4) is 0 Å². The average molecular weight is 296 g/mol.